The molecule has 1 aliphatic heterocycles. The maximum atomic E-state index is 12.7. The van der Waals surface area contributed by atoms with Crippen molar-refractivity contribution in [1.82, 2.24) is 10.2 Å². The third kappa shape index (κ3) is 6.45. The van der Waals surface area contributed by atoms with Gasteiger partial charge in [-0.1, -0.05) is 12.5 Å². The number of piperidine rings is 1. The number of carbonyl (C=O) groups is 1. The summed E-state index contributed by atoms with van der Waals surface area (Å²) < 4.78 is 33.2. The number of nitrogens with zero attached hydrogens (tertiary/aromatic N) is 1. The van der Waals surface area contributed by atoms with Crippen LogP contribution in [0, 0.1) is 0 Å². The fraction of sp³-hybridized carbons (Fsp3) is 0.435. The number of rotatable bonds is 9. The topological polar surface area (TPSA) is 87.7 Å². The number of hydrogen-bond donors (Lipinski definition) is 2. The van der Waals surface area contributed by atoms with Gasteiger partial charge in [-0.3, -0.25) is 14.4 Å². The molecule has 0 radical (unpaired) electrons. The van der Waals surface area contributed by atoms with Crippen LogP contribution in [0.5, 0.6) is 5.75 Å². The zero-order valence-electron chi connectivity index (χ0n) is 18.1. The minimum Gasteiger partial charge on any atom is -0.494 e. The molecule has 168 valence electrons. The van der Waals surface area contributed by atoms with Gasteiger partial charge < -0.3 is 10.1 Å². The monoisotopic (exact) mass is 445 g/mol. The number of hydrogen-bond acceptors (Lipinski definition) is 5. The minimum atomic E-state index is -3.77. The van der Waals surface area contributed by atoms with Gasteiger partial charge in [0.1, 0.15) is 5.75 Å². The van der Waals surface area contributed by atoms with Crippen molar-refractivity contribution in [2.24, 2.45) is 0 Å². The molecule has 1 heterocycles. The number of ether oxygens (including phenoxy) is 1. The summed E-state index contributed by atoms with van der Waals surface area (Å²) in [6, 6.07) is 13.3. The molecule has 2 N–H and O–H groups in total. The molecule has 7 nitrogen and oxygen atoms in total. The van der Waals surface area contributed by atoms with Crippen molar-refractivity contribution in [3.63, 3.8) is 0 Å². The number of sulfonamides is 1. The minimum absolute atomic E-state index is 0.126. The van der Waals surface area contributed by atoms with Crippen LogP contribution in [0.4, 0.5) is 5.69 Å². The van der Waals surface area contributed by atoms with E-state index in [2.05, 4.69) is 21.9 Å². The van der Waals surface area contributed by atoms with Gasteiger partial charge in [0.2, 0.25) is 0 Å². The lowest BCUT2D eigenvalue weighted by Gasteiger charge is -2.33. The van der Waals surface area contributed by atoms with Crippen LogP contribution in [0.1, 0.15) is 43.5 Å². The molecular formula is C23H31N3O4S. The van der Waals surface area contributed by atoms with Gasteiger partial charge in [-0.15, -0.1) is 0 Å². The Morgan fingerprint density at radius 1 is 1.16 bits per heavy atom. The van der Waals surface area contributed by atoms with Crippen molar-refractivity contribution in [2.75, 3.05) is 31.0 Å². The number of nitrogens with one attached hydrogen (secondary N) is 2. The Hall–Kier alpha value is -2.58. The normalized spacial score (nSPS) is 17.2. The summed E-state index contributed by atoms with van der Waals surface area (Å²) in [5.41, 5.74) is 0.754. The first-order valence-corrected chi connectivity index (χ1v) is 12.3. The Kier molecular flexibility index (Phi) is 7.92. The van der Waals surface area contributed by atoms with Crippen LogP contribution in [0.3, 0.4) is 0 Å². The first kappa shape index (κ1) is 23.1. The van der Waals surface area contributed by atoms with Crippen LogP contribution < -0.4 is 14.8 Å². The van der Waals surface area contributed by atoms with Gasteiger partial charge in [0.15, 0.2) is 0 Å². The Balaban J connectivity index is 1.59. The van der Waals surface area contributed by atoms with Crippen LogP contribution in [-0.4, -0.2) is 51.5 Å². The van der Waals surface area contributed by atoms with Gasteiger partial charge in [-0.25, -0.2) is 8.42 Å². The number of carbonyl (C=O) groups excluding carboxylic acids is 1. The smallest absolute Gasteiger partial charge is 0.261 e. The Morgan fingerprint density at radius 3 is 2.65 bits per heavy atom. The summed E-state index contributed by atoms with van der Waals surface area (Å²) in [5, 5.41) is 2.93. The average Bonchev–Trinajstić information content (AvgIpc) is 2.75. The van der Waals surface area contributed by atoms with Crippen LogP contribution in [0.25, 0.3) is 0 Å². The largest absolute Gasteiger partial charge is 0.494 e. The van der Waals surface area contributed by atoms with Crippen LogP contribution in [0.2, 0.25) is 0 Å². The van der Waals surface area contributed by atoms with Crippen molar-refractivity contribution in [3.05, 3.63) is 54.1 Å². The third-order valence-corrected chi connectivity index (χ3v) is 6.84. The highest BCUT2D eigenvalue weighted by molar-refractivity contribution is 7.92. The van der Waals surface area contributed by atoms with Crippen molar-refractivity contribution in [1.29, 1.82) is 0 Å². The Bertz CT molecular complexity index is 977. The summed E-state index contributed by atoms with van der Waals surface area (Å²) in [4.78, 5) is 15.1. The molecule has 0 aliphatic carbocycles. The lowest BCUT2D eigenvalue weighted by atomic mass is 10.0. The SMILES string of the molecule is CCOc1ccc(S(=O)(=O)Nc2cccc(C(=O)NCCN3CCCCC3C)c2)cc1. The second-order valence-electron chi connectivity index (χ2n) is 7.73. The third-order valence-electron chi connectivity index (χ3n) is 5.45. The van der Waals surface area contributed by atoms with E-state index in [0.717, 1.165) is 13.1 Å². The number of benzene rings is 2. The molecule has 1 atom stereocenters. The fourth-order valence-electron chi connectivity index (χ4n) is 3.72. The molecule has 1 amide bonds. The molecule has 0 bridgehead atoms. The molecule has 8 heteroatoms. The van der Waals surface area contributed by atoms with E-state index < -0.39 is 10.0 Å². The first-order valence-electron chi connectivity index (χ1n) is 10.8. The molecule has 1 saturated heterocycles. The lowest BCUT2D eigenvalue weighted by Crippen LogP contribution is -2.42. The zero-order chi connectivity index (χ0) is 22.3. The second-order valence-corrected chi connectivity index (χ2v) is 9.41. The zero-order valence-corrected chi connectivity index (χ0v) is 19.0. The molecule has 1 aliphatic rings. The van der Waals surface area contributed by atoms with E-state index in [1.807, 2.05) is 6.92 Å². The fourth-order valence-corrected chi connectivity index (χ4v) is 4.77. The summed E-state index contributed by atoms with van der Waals surface area (Å²) >= 11 is 0. The van der Waals surface area contributed by atoms with E-state index >= 15 is 0 Å². The van der Waals surface area contributed by atoms with Crippen molar-refractivity contribution in [3.8, 4) is 5.75 Å². The van der Waals surface area contributed by atoms with E-state index in [1.165, 1.54) is 31.4 Å². The van der Waals surface area contributed by atoms with Crippen molar-refractivity contribution < 1.29 is 17.9 Å². The number of likely N-dealkylation sites (tertiary alicyclic amines) is 1. The van der Waals surface area contributed by atoms with Gasteiger partial charge in [-0.2, -0.15) is 0 Å². The molecule has 2 aromatic rings. The number of anilines is 1. The summed E-state index contributed by atoms with van der Waals surface area (Å²) in [7, 11) is -3.77. The average molecular weight is 446 g/mol. The van der Waals surface area contributed by atoms with Gasteiger partial charge in [-0.05, 0) is 75.7 Å². The standard InChI is InChI=1S/C23H31N3O4S/c1-3-30-21-10-12-22(13-11-21)31(28,29)25-20-9-6-8-19(17-20)23(27)24-14-16-26-15-5-4-7-18(26)2/h6,8-13,17-18,25H,3-5,7,14-16H2,1-2H3,(H,24,27). The van der Waals surface area contributed by atoms with Gasteiger partial charge in [0.25, 0.3) is 15.9 Å². The summed E-state index contributed by atoms with van der Waals surface area (Å²) in [6.45, 7) is 7.04. The maximum Gasteiger partial charge on any atom is 0.261 e. The quantitative estimate of drug-likeness (QED) is 0.617. The summed E-state index contributed by atoms with van der Waals surface area (Å²) in [6.07, 6.45) is 3.67. The predicted molar refractivity (Wildman–Crippen MR) is 122 cm³/mol. The molecular weight excluding hydrogens is 414 g/mol. The second kappa shape index (κ2) is 10.6. The highest BCUT2D eigenvalue weighted by Gasteiger charge is 2.18. The van der Waals surface area contributed by atoms with Gasteiger partial charge >= 0.3 is 0 Å². The van der Waals surface area contributed by atoms with Crippen LogP contribution >= 0.6 is 0 Å². The Labute approximate surface area is 184 Å². The first-order chi connectivity index (χ1) is 14.9. The van der Waals surface area contributed by atoms with E-state index in [9.17, 15) is 13.2 Å². The number of amides is 1. The molecule has 1 fully saturated rings. The molecule has 0 aromatic heterocycles. The van der Waals surface area contributed by atoms with E-state index in [4.69, 9.17) is 4.74 Å². The van der Waals surface area contributed by atoms with Gasteiger partial charge in [0, 0.05) is 30.4 Å². The van der Waals surface area contributed by atoms with Gasteiger partial charge in [0.05, 0.1) is 11.5 Å². The maximum absolute atomic E-state index is 12.7. The predicted octanol–water partition coefficient (Wildman–Crippen LogP) is 3.49. The van der Waals surface area contributed by atoms with E-state index in [-0.39, 0.29) is 10.8 Å². The van der Waals surface area contributed by atoms with Crippen molar-refractivity contribution >= 4 is 21.6 Å². The lowest BCUT2D eigenvalue weighted by molar-refractivity contribution is 0.0938. The molecule has 2 aromatic carbocycles. The van der Waals surface area contributed by atoms with Crippen molar-refractivity contribution in [2.45, 2.75) is 44.0 Å². The molecule has 0 spiro atoms. The molecule has 31 heavy (non-hydrogen) atoms. The molecule has 3 rings (SSSR count). The molecule has 1 unspecified atom stereocenters. The van der Waals surface area contributed by atoms with Crippen LogP contribution in [-0.2, 0) is 10.0 Å². The highest BCUT2D eigenvalue weighted by atomic mass is 32.2. The van der Waals surface area contributed by atoms with Crippen LogP contribution in [0.15, 0.2) is 53.4 Å². The Morgan fingerprint density at radius 2 is 1.94 bits per heavy atom. The summed E-state index contributed by atoms with van der Waals surface area (Å²) in [5.74, 6) is 0.394. The van der Waals surface area contributed by atoms with E-state index in [0.29, 0.717) is 36.2 Å². The highest BCUT2D eigenvalue weighted by Crippen LogP contribution is 2.20. The molecule has 0 saturated carbocycles. The van der Waals surface area contributed by atoms with E-state index in [1.54, 1.807) is 36.4 Å².